The summed E-state index contributed by atoms with van der Waals surface area (Å²) >= 11 is 0. The fourth-order valence-electron chi connectivity index (χ4n) is 3.42. The first-order chi connectivity index (χ1) is 15.9. The monoisotopic (exact) mass is 463 g/mol. The van der Waals surface area contributed by atoms with Gasteiger partial charge in [-0.25, -0.2) is 9.59 Å². The molecule has 0 radical (unpaired) electrons. The molecule has 1 aliphatic heterocycles. The van der Waals surface area contributed by atoms with Crippen LogP contribution in [0, 0.1) is 0 Å². The van der Waals surface area contributed by atoms with Crippen molar-refractivity contribution >= 4 is 23.8 Å². The zero-order valence-electron chi connectivity index (χ0n) is 20.3. The van der Waals surface area contributed by atoms with Crippen LogP contribution in [0.15, 0.2) is 24.3 Å². The Kier molecular flexibility index (Phi) is 15.6. The zero-order valence-corrected chi connectivity index (χ0v) is 20.3. The van der Waals surface area contributed by atoms with Gasteiger partial charge in [0.05, 0.1) is 0 Å². The third-order valence-corrected chi connectivity index (χ3v) is 5.45. The second-order valence-corrected chi connectivity index (χ2v) is 8.51. The van der Waals surface area contributed by atoms with Gasteiger partial charge in [-0.2, -0.15) is 0 Å². The summed E-state index contributed by atoms with van der Waals surface area (Å²) in [5.41, 5.74) is 0. The van der Waals surface area contributed by atoms with Gasteiger partial charge in [-0.05, 0) is 51.9 Å². The van der Waals surface area contributed by atoms with Crippen molar-refractivity contribution in [3.8, 4) is 0 Å². The lowest BCUT2D eigenvalue weighted by Gasteiger charge is -2.14. The van der Waals surface area contributed by atoms with Gasteiger partial charge in [-0.15, -0.1) is 0 Å². The Morgan fingerprint density at radius 2 is 1.61 bits per heavy atom. The molecule has 7 heteroatoms. The molecule has 1 unspecified atom stereocenters. The van der Waals surface area contributed by atoms with E-state index in [9.17, 15) is 19.2 Å². The van der Waals surface area contributed by atoms with Crippen molar-refractivity contribution < 1.29 is 28.7 Å². The minimum atomic E-state index is -1.19. The number of esters is 3. The highest BCUT2D eigenvalue weighted by Gasteiger charge is 2.31. The van der Waals surface area contributed by atoms with Crippen LogP contribution in [0.1, 0.15) is 104 Å². The second-order valence-electron chi connectivity index (χ2n) is 8.51. The predicted octanol–water partition coefficient (Wildman–Crippen LogP) is 5.08. The number of hydrogen-bond acceptors (Lipinski definition) is 6. The molecule has 1 saturated heterocycles. The lowest BCUT2D eigenvalue weighted by Crippen LogP contribution is -2.38. The lowest BCUT2D eigenvalue weighted by atomic mass is 10.1. The summed E-state index contributed by atoms with van der Waals surface area (Å²) in [5.74, 6) is -2.41. The first-order valence-corrected chi connectivity index (χ1v) is 12.5. The normalized spacial score (nSPS) is 16.8. The largest absolute Gasteiger partial charge is 0.449 e. The lowest BCUT2D eigenvalue weighted by molar-refractivity contribution is -0.173. The molecule has 0 saturated carbocycles. The van der Waals surface area contributed by atoms with Crippen LogP contribution < -0.4 is 5.32 Å². The molecule has 1 heterocycles. The molecule has 1 fully saturated rings. The molecule has 33 heavy (non-hydrogen) atoms. The van der Waals surface area contributed by atoms with E-state index in [0.29, 0.717) is 12.8 Å². The summed E-state index contributed by atoms with van der Waals surface area (Å²) in [7, 11) is 0. The predicted molar refractivity (Wildman–Crippen MR) is 127 cm³/mol. The molecule has 0 aliphatic carbocycles. The minimum Gasteiger partial charge on any atom is -0.449 e. The molecule has 0 bridgehead atoms. The molecular formula is C26H41NO6. The maximum atomic E-state index is 11.9. The van der Waals surface area contributed by atoms with Crippen molar-refractivity contribution in [3.63, 3.8) is 0 Å². The number of carbonyl (C=O) groups excluding carboxylic acids is 4. The van der Waals surface area contributed by atoms with E-state index in [0.717, 1.165) is 38.5 Å². The number of carbonyl (C=O) groups is 4. The van der Waals surface area contributed by atoms with Gasteiger partial charge in [-0.1, -0.05) is 63.3 Å². The van der Waals surface area contributed by atoms with E-state index in [1.165, 1.54) is 32.6 Å². The Balaban J connectivity index is 1.99. The summed E-state index contributed by atoms with van der Waals surface area (Å²) in [5, 5.41) is 2.47. The number of allylic oxidation sites excluding steroid dienone is 4. The van der Waals surface area contributed by atoms with Gasteiger partial charge in [0.1, 0.15) is 6.04 Å². The zero-order chi connectivity index (χ0) is 24.3. The Morgan fingerprint density at radius 1 is 0.970 bits per heavy atom. The van der Waals surface area contributed by atoms with Crippen LogP contribution in [0.4, 0.5) is 0 Å². The molecule has 186 valence electrons. The Morgan fingerprint density at radius 3 is 2.24 bits per heavy atom. The number of ether oxygens (including phenoxy) is 2. The van der Waals surface area contributed by atoms with Gasteiger partial charge in [0.2, 0.25) is 5.91 Å². The summed E-state index contributed by atoms with van der Waals surface area (Å²) in [6, 6.07) is -0.740. The van der Waals surface area contributed by atoms with Gasteiger partial charge < -0.3 is 14.8 Å². The van der Waals surface area contributed by atoms with Gasteiger partial charge in [-0.3, -0.25) is 9.59 Å². The van der Waals surface area contributed by atoms with Crippen molar-refractivity contribution in [1.29, 1.82) is 0 Å². The average Bonchev–Trinajstić information content (AvgIpc) is 3.22. The van der Waals surface area contributed by atoms with Crippen LogP contribution >= 0.6 is 0 Å². The van der Waals surface area contributed by atoms with Crippen molar-refractivity contribution in [2.45, 2.75) is 116 Å². The van der Waals surface area contributed by atoms with E-state index in [-0.39, 0.29) is 18.7 Å². The molecular weight excluding hydrogens is 422 g/mol. The Bertz CT molecular complexity index is 670. The maximum Gasteiger partial charge on any atom is 0.354 e. The highest BCUT2D eigenvalue weighted by Crippen LogP contribution is 2.11. The van der Waals surface area contributed by atoms with Crippen molar-refractivity contribution in [2.24, 2.45) is 0 Å². The first kappa shape index (κ1) is 28.6. The molecule has 0 spiro atoms. The fourth-order valence-corrected chi connectivity index (χ4v) is 3.42. The summed E-state index contributed by atoms with van der Waals surface area (Å²) in [6.45, 7) is 3.57. The summed E-state index contributed by atoms with van der Waals surface area (Å²) < 4.78 is 9.75. The summed E-state index contributed by atoms with van der Waals surface area (Å²) in [6.07, 6.45) is 20.4. The molecule has 1 amide bonds. The molecule has 0 aromatic rings. The smallest absolute Gasteiger partial charge is 0.354 e. The number of hydrogen-bond donors (Lipinski definition) is 1. The third kappa shape index (κ3) is 14.3. The molecule has 0 aromatic carbocycles. The third-order valence-electron chi connectivity index (χ3n) is 5.45. The second kappa shape index (κ2) is 18.0. The topological polar surface area (TPSA) is 98.8 Å². The number of unbranched alkanes of at least 4 members (excludes halogenated alkanes) is 8. The van der Waals surface area contributed by atoms with Crippen molar-refractivity contribution in [3.05, 3.63) is 24.3 Å². The minimum absolute atomic E-state index is 0.162. The average molecular weight is 464 g/mol. The van der Waals surface area contributed by atoms with Crippen LogP contribution in [0.5, 0.6) is 0 Å². The van der Waals surface area contributed by atoms with Crippen LogP contribution in [0.25, 0.3) is 0 Å². The van der Waals surface area contributed by atoms with Gasteiger partial charge >= 0.3 is 17.9 Å². The molecule has 0 aromatic heterocycles. The highest BCUT2D eigenvalue weighted by molar-refractivity contribution is 5.91. The molecule has 1 aliphatic rings. The number of rotatable bonds is 17. The SMILES string of the molecule is CCCCC/C=C\C/C=C\CCCCCCCC(=O)OC(=O)C(C)OC(=O)[C@@H]1CCC(=O)N1. The van der Waals surface area contributed by atoms with Crippen LogP contribution in [0.3, 0.4) is 0 Å². The van der Waals surface area contributed by atoms with Gasteiger partial charge in [0.15, 0.2) is 6.10 Å². The standard InChI is InChI=1S/C26H41NO6/c1-3-4-5-6-7-8-9-10-11-12-13-14-15-16-17-18-24(29)33-25(30)21(2)32-26(31)22-19-20-23(28)27-22/h7-8,10-11,21-22H,3-6,9,12-20H2,1-2H3,(H,27,28)/b8-7-,11-10-/t21?,22-/m0/s1. The fraction of sp³-hybridized carbons (Fsp3) is 0.692. The van der Waals surface area contributed by atoms with Crippen molar-refractivity contribution in [1.82, 2.24) is 5.32 Å². The Hall–Kier alpha value is -2.44. The van der Waals surface area contributed by atoms with Gasteiger partial charge in [0.25, 0.3) is 0 Å². The van der Waals surface area contributed by atoms with Crippen LogP contribution in [0.2, 0.25) is 0 Å². The first-order valence-electron chi connectivity index (χ1n) is 12.5. The maximum absolute atomic E-state index is 11.9. The number of amides is 1. The van der Waals surface area contributed by atoms with Crippen LogP contribution in [-0.2, 0) is 28.7 Å². The van der Waals surface area contributed by atoms with Crippen LogP contribution in [-0.4, -0.2) is 36.0 Å². The Labute approximate surface area is 198 Å². The molecule has 1 rings (SSSR count). The number of nitrogens with one attached hydrogen (secondary N) is 1. The summed E-state index contributed by atoms with van der Waals surface area (Å²) in [4.78, 5) is 46.8. The highest BCUT2D eigenvalue weighted by atomic mass is 16.6. The van der Waals surface area contributed by atoms with E-state index >= 15 is 0 Å². The molecule has 2 atom stereocenters. The van der Waals surface area contributed by atoms with E-state index < -0.39 is 30.1 Å². The van der Waals surface area contributed by atoms with Gasteiger partial charge in [0, 0.05) is 12.8 Å². The van der Waals surface area contributed by atoms with E-state index in [1.807, 2.05) is 0 Å². The van der Waals surface area contributed by atoms with Crippen molar-refractivity contribution in [2.75, 3.05) is 0 Å². The molecule has 7 nitrogen and oxygen atoms in total. The van der Waals surface area contributed by atoms with E-state index in [2.05, 4.69) is 36.5 Å². The van der Waals surface area contributed by atoms with E-state index in [1.54, 1.807) is 0 Å². The molecule has 1 N–H and O–H groups in total. The van der Waals surface area contributed by atoms with E-state index in [4.69, 9.17) is 9.47 Å². The quantitative estimate of drug-likeness (QED) is 0.140.